The normalized spacial score (nSPS) is 13.6. The summed E-state index contributed by atoms with van der Waals surface area (Å²) in [7, 11) is 4.07. The van der Waals surface area contributed by atoms with E-state index in [2.05, 4.69) is 29.3 Å². The van der Waals surface area contributed by atoms with Gasteiger partial charge in [-0.25, -0.2) is 0 Å². The number of hydrogen-bond acceptors (Lipinski definition) is 3. The third-order valence-electron chi connectivity index (χ3n) is 3.72. The van der Waals surface area contributed by atoms with Gasteiger partial charge in [-0.15, -0.1) is 0 Å². The molecule has 0 fully saturated rings. The second kappa shape index (κ2) is 6.19. The predicted octanol–water partition coefficient (Wildman–Crippen LogP) is 3.38. The van der Waals surface area contributed by atoms with Gasteiger partial charge in [0.15, 0.2) is 0 Å². The highest BCUT2D eigenvalue weighted by Gasteiger charge is 2.22. The number of rotatable bonds is 5. The van der Waals surface area contributed by atoms with Crippen molar-refractivity contribution >= 4 is 11.4 Å². The molecule has 0 saturated carbocycles. The monoisotopic (exact) mass is 284 g/mol. The van der Waals surface area contributed by atoms with E-state index in [0.29, 0.717) is 6.54 Å². The third kappa shape index (κ3) is 3.76. The van der Waals surface area contributed by atoms with Crippen molar-refractivity contribution in [3.63, 3.8) is 0 Å². The summed E-state index contributed by atoms with van der Waals surface area (Å²) in [4.78, 5) is 2.09. The second-order valence-electron chi connectivity index (χ2n) is 5.89. The molecule has 0 aliphatic rings. The van der Waals surface area contributed by atoms with E-state index in [-0.39, 0.29) is 0 Å². The molecule has 2 rings (SSSR count). The van der Waals surface area contributed by atoms with E-state index < -0.39 is 5.60 Å². The fourth-order valence-corrected chi connectivity index (χ4v) is 2.37. The van der Waals surface area contributed by atoms with Gasteiger partial charge in [-0.2, -0.15) is 0 Å². The molecule has 3 heteroatoms. The minimum absolute atomic E-state index is 0.465. The summed E-state index contributed by atoms with van der Waals surface area (Å²) in [6.07, 6.45) is 0. The Hall–Kier alpha value is -2.00. The summed E-state index contributed by atoms with van der Waals surface area (Å²) in [6, 6.07) is 16.0. The molecule has 3 nitrogen and oxygen atoms in total. The highest BCUT2D eigenvalue weighted by Crippen LogP contribution is 2.25. The second-order valence-corrected chi connectivity index (χ2v) is 5.89. The largest absolute Gasteiger partial charge is 0.384 e. The summed E-state index contributed by atoms with van der Waals surface area (Å²) >= 11 is 0. The molecule has 1 unspecified atom stereocenters. The van der Waals surface area contributed by atoms with Gasteiger partial charge in [0.25, 0.3) is 0 Å². The van der Waals surface area contributed by atoms with Crippen LogP contribution in [0.1, 0.15) is 18.1 Å². The lowest BCUT2D eigenvalue weighted by molar-refractivity contribution is 0.0715. The highest BCUT2D eigenvalue weighted by molar-refractivity contribution is 5.62. The van der Waals surface area contributed by atoms with Crippen LogP contribution in [0.3, 0.4) is 0 Å². The van der Waals surface area contributed by atoms with Crippen LogP contribution in [-0.2, 0) is 5.60 Å². The quantitative estimate of drug-likeness (QED) is 0.883. The van der Waals surface area contributed by atoms with Crippen molar-refractivity contribution < 1.29 is 5.11 Å². The van der Waals surface area contributed by atoms with Gasteiger partial charge in [0.2, 0.25) is 0 Å². The lowest BCUT2D eigenvalue weighted by Crippen LogP contribution is -2.30. The first-order chi connectivity index (χ1) is 9.90. The summed E-state index contributed by atoms with van der Waals surface area (Å²) < 4.78 is 0. The maximum absolute atomic E-state index is 10.6. The van der Waals surface area contributed by atoms with Crippen LogP contribution >= 0.6 is 0 Å². The molecule has 0 heterocycles. The lowest BCUT2D eigenvalue weighted by Gasteiger charge is -2.25. The molecule has 2 N–H and O–H groups in total. The van der Waals surface area contributed by atoms with Crippen LogP contribution in [0.5, 0.6) is 0 Å². The number of aryl methyl sites for hydroxylation is 1. The van der Waals surface area contributed by atoms with Crippen molar-refractivity contribution in [2.45, 2.75) is 19.4 Å². The van der Waals surface area contributed by atoms with E-state index in [0.717, 1.165) is 11.3 Å². The molecule has 0 amide bonds. The number of nitrogens with zero attached hydrogens (tertiary/aromatic N) is 1. The van der Waals surface area contributed by atoms with Gasteiger partial charge >= 0.3 is 0 Å². The minimum Gasteiger partial charge on any atom is -0.384 e. The maximum Gasteiger partial charge on any atom is 0.104 e. The van der Waals surface area contributed by atoms with Crippen molar-refractivity contribution in [1.29, 1.82) is 0 Å². The molecule has 112 valence electrons. The minimum atomic E-state index is -0.898. The number of hydrogen-bond donors (Lipinski definition) is 2. The van der Waals surface area contributed by atoms with E-state index >= 15 is 0 Å². The Balaban J connectivity index is 2.11. The number of aliphatic hydroxyl groups is 1. The first-order valence-electron chi connectivity index (χ1n) is 7.20. The molecule has 0 aromatic heterocycles. The van der Waals surface area contributed by atoms with Gasteiger partial charge in [0.05, 0.1) is 0 Å². The van der Waals surface area contributed by atoms with Crippen LogP contribution in [0.4, 0.5) is 11.4 Å². The smallest absolute Gasteiger partial charge is 0.104 e. The zero-order chi connectivity index (χ0) is 15.5. The molecule has 0 aliphatic carbocycles. The molecular weight excluding hydrogens is 260 g/mol. The Morgan fingerprint density at radius 1 is 1.10 bits per heavy atom. The van der Waals surface area contributed by atoms with Crippen molar-refractivity contribution in [1.82, 2.24) is 0 Å². The third-order valence-corrected chi connectivity index (χ3v) is 3.72. The lowest BCUT2D eigenvalue weighted by atomic mass is 9.96. The Morgan fingerprint density at radius 3 is 2.38 bits per heavy atom. The van der Waals surface area contributed by atoms with Gasteiger partial charge in [-0.3, -0.25) is 0 Å². The van der Waals surface area contributed by atoms with E-state index in [9.17, 15) is 5.11 Å². The number of anilines is 2. The average molecular weight is 284 g/mol. The average Bonchev–Trinajstić information content (AvgIpc) is 2.47. The number of nitrogens with one attached hydrogen (secondary N) is 1. The molecule has 2 aromatic rings. The zero-order valence-corrected chi connectivity index (χ0v) is 13.2. The Kier molecular flexibility index (Phi) is 4.53. The molecule has 0 aliphatic heterocycles. The summed E-state index contributed by atoms with van der Waals surface area (Å²) in [5, 5.41) is 13.9. The molecule has 0 bridgehead atoms. The SMILES string of the molecule is Cc1ccc(NCC(C)(O)c2ccccc2)cc1N(C)C. The van der Waals surface area contributed by atoms with Crippen molar-refractivity contribution in [3.8, 4) is 0 Å². The van der Waals surface area contributed by atoms with Crippen molar-refractivity contribution in [2.75, 3.05) is 30.9 Å². The van der Waals surface area contributed by atoms with Crippen LogP contribution in [0, 0.1) is 6.92 Å². The molecule has 1 atom stereocenters. The Labute approximate surface area is 127 Å². The summed E-state index contributed by atoms with van der Waals surface area (Å²) in [5.74, 6) is 0. The Morgan fingerprint density at radius 2 is 1.76 bits per heavy atom. The molecule has 2 aromatic carbocycles. The zero-order valence-electron chi connectivity index (χ0n) is 13.2. The van der Waals surface area contributed by atoms with Crippen LogP contribution in [0.2, 0.25) is 0 Å². The molecule has 0 radical (unpaired) electrons. The van der Waals surface area contributed by atoms with Gasteiger partial charge < -0.3 is 15.3 Å². The first kappa shape index (κ1) is 15.4. The van der Waals surface area contributed by atoms with Gasteiger partial charge in [0.1, 0.15) is 5.60 Å². The van der Waals surface area contributed by atoms with Crippen LogP contribution in [0.15, 0.2) is 48.5 Å². The van der Waals surface area contributed by atoms with E-state index in [1.54, 1.807) is 0 Å². The van der Waals surface area contributed by atoms with Crippen LogP contribution in [-0.4, -0.2) is 25.7 Å². The maximum atomic E-state index is 10.6. The molecule has 0 saturated heterocycles. The number of benzene rings is 2. The fraction of sp³-hybridized carbons (Fsp3) is 0.333. The van der Waals surface area contributed by atoms with Gasteiger partial charge in [-0.05, 0) is 37.1 Å². The van der Waals surface area contributed by atoms with Gasteiger partial charge in [0, 0.05) is 32.0 Å². The van der Waals surface area contributed by atoms with Gasteiger partial charge in [-0.1, -0.05) is 36.4 Å². The van der Waals surface area contributed by atoms with Crippen molar-refractivity contribution in [3.05, 3.63) is 59.7 Å². The highest BCUT2D eigenvalue weighted by atomic mass is 16.3. The topological polar surface area (TPSA) is 35.5 Å². The van der Waals surface area contributed by atoms with Crippen LogP contribution in [0.25, 0.3) is 0 Å². The first-order valence-corrected chi connectivity index (χ1v) is 7.20. The van der Waals surface area contributed by atoms with E-state index in [4.69, 9.17) is 0 Å². The molecule has 21 heavy (non-hydrogen) atoms. The standard InChI is InChI=1S/C18H24N2O/c1-14-10-11-16(12-17(14)20(3)4)19-13-18(2,21)15-8-6-5-7-9-15/h5-12,19,21H,13H2,1-4H3. The van der Waals surface area contributed by atoms with Crippen LogP contribution < -0.4 is 10.2 Å². The Bertz CT molecular complexity index is 591. The van der Waals surface area contributed by atoms with E-state index in [1.807, 2.05) is 57.4 Å². The van der Waals surface area contributed by atoms with Crippen molar-refractivity contribution in [2.24, 2.45) is 0 Å². The summed E-state index contributed by atoms with van der Waals surface area (Å²) in [5.41, 5.74) is 3.45. The molecular formula is C18H24N2O. The summed E-state index contributed by atoms with van der Waals surface area (Å²) in [6.45, 7) is 4.39. The predicted molar refractivity (Wildman–Crippen MR) is 90.0 cm³/mol. The molecule has 0 spiro atoms. The van der Waals surface area contributed by atoms with E-state index in [1.165, 1.54) is 11.3 Å². The fourth-order valence-electron chi connectivity index (χ4n) is 2.37.